The molecule has 28 heavy (non-hydrogen) atoms. The van der Waals surface area contributed by atoms with Gasteiger partial charge in [0.05, 0.1) is 17.6 Å². The lowest BCUT2D eigenvalue weighted by Gasteiger charge is -2.24. The number of imidazole rings is 1. The summed E-state index contributed by atoms with van der Waals surface area (Å²) in [5, 5.41) is 0. The number of carbonyl (C=O) groups excluding carboxylic acids is 1. The molecule has 0 N–H and O–H groups in total. The number of benzene rings is 2. The number of amides is 1. The van der Waals surface area contributed by atoms with Gasteiger partial charge in [0.1, 0.15) is 5.82 Å². The summed E-state index contributed by atoms with van der Waals surface area (Å²) in [6.07, 6.45) is 5.89. The Morgan fingerprint density at radius 3 is 2.68 bits per heavy atom. The van der Waals surface area contributed by atoms with Gasteiger partial charge in [-0.1, -0.05) is 49.6 Å². The predicted molar refractivity (Wildman–Crippen MR) is 113 cm³/mol. The number of hydrogen-bond acceptors (Lipinski definition) is 2. The van der Waals surface area contributed by atoms with Gasteiger partial charge in [0, 0.05) is 18.2 Å². The smallest absolute Gasteiger partial charge is 0.254 e. The molecule has 0 radical (unpaired) electrons. The van der Waals surface area contributed by atoms with Crippen LogP contribution in [0.1, 0.15) is 66.8 Å². The van der Waals surface area contributed by atoms with E-state index in [2.05, 4.69) is 29.7 Å². The molecule has 1 amide bonds. The first-order valence-electron chi connectivity index (χ1n) is 10.5. The van der Waals surface area contributed by atoms with Crippen molar-refractivity contribution in [1.29, 1.82) is 0 Å². The molecule has 3 aromatic rings. The molecule has 1 fully saturated rings. The van der Waals surface area contributed by atoms with Crippen molar-refractivity contribution in [3.63, 3.8) is 0 Å². The van der Waals surface area contributed by atoms with Crippen LogP contribution in [0.5, 0.6) is 0 Å². The fourth-order valence-electron chi connectivity index (χ4n) is 4.43. The van der Waals surface area contributed by atoms with E-state index in [1.807, 2.05) is 42.2 Å². The second kappa shape index (κ2) is 8.17. The average Bonchev–Trinajstić information content (AvgIpc) is 3.34. The van der Waals surface area contributed by atoms with E-state index in [9.17, 15) is 4.79 Å². The second-order valence-electron chi connectivity index (χ2n) is 7.92. The van der Waals surface area contributed by atoms with Crippen molar-refractivity contribution < 1.29 is 4.79 Å². The Morgan fingerprint density at radius 1 is 1.14 bits per heavy atom. The van der Waals surface area contributed by atoms with Gasteiger partial charge in [0.2, 0.25) is 0 Å². The van der Waals surface area contributed by atoms with Gasteiger partial charge in [0.25, 0.3) is 5.91 Å². The van der Waals surface area contributed by atoms with Crippen LogP contribution in [0.3, 0.4) is 0 Å². The van der Waals surface area contributed by atoms with E-state index in [0.717, 1.165) is 35.4 Å². The van der Waals surface area contributed by atoms with Crippen LogP contribution in [0.2, 0.25) is 0 Å². The minimum Gasteiger partial charge on any atom is -0.331 e. The van der Waals surface area contributed by atoms with E-state index in [-0.39, 0.29) is 5.91 Å². The predicted octanol–water partition coefficient (Wildman–Crippen LogP) is 5.51. The molecule has 0 saturated heterocycles. The molecule has 4 rings (SSSR count). The fraction of sp³-hybridized carbons (Fsp3) is 0.417. The van der Waals surface area contributed by atoms with Crippen LogP contribution >= 0.6 is 0 Å². The van der Waals surface area contributed by atoms with Crippen LogP contribution < -0.4 is 0 Å². The summed E-state index contributed by atoms with van der Waals surface area (Å²) in [5.41, 5.74) is 4.10. The lowest BCUT2D eigenvalue weighted by atomic mass is 10.1. The third-order valence-electron chi connectivity index (χ3n) is 5.74. The molecule has 2 aromatic carbocycles. The highest BCUT2D eigenvalue weighted by Gasteiger charge is 2.25. The number of rotatable bonds is 6. The SMILES string of the molecule is CCCN(Cc1nc2ccccc2n1C1CCCC1)C(=O)c1cccc(C)c1. The Balaban J connectivity index is 1.70. The molecule has 1 aliphatic rings. The largest absolute Gasteiger partial charge is 0.331 e. The van der Waals surface area contributed by atoms with Crippen molar-refractivity contribution >= 4 is 16.9 Å². The van der Waals surface area contributed by atoms with Gasteiger partial charge < -0.3 is 9.47 Å². The van der Waals surface area contributed by atoms with Crippen molar-refractivity contribution in [3.05, 3.63) is 65.5 Å². The molecule has 0 spiro atoms. The highest BCUT2D eigenvalue weighted by Crippen LogP contribution is 2.34. The third-order valence-corrected chi connectivity index (χ3v) is 5.74. The molecule has 0 unspecified atom stereocenters. The first-order chi connectivity index (χ1) is 13.7. The monoisotopic (exact) mass is 375 g/mol. The highest BCUT2D eigenvalue weighted by atomic mass is 16.2. The molecule has 1 heterocycles. The zero-order valence-corrected chi connectivity index (χ0v) is 16.9. The maximum atomic E-state index is 13.2. The van der Waals surface area contributed by atoms with E-state index in [1.54, 1.807) is 0 Å². The molecule has 1 aliphatic carbocycles. The van der Waals surface area contributed by atoms with E-state index < -0.39 is 0 Å². The van der Waals surface area contributed by atoms with Gasteiger partial charge in [-0.15, -0.1) is 0 Å². The maximum absolute atomic E-state index is 13.2. The normalized spacial score (nSPS) is 14.6. The summed E-state index contributed by atoms with van der Waals surface area (Å²) in [4.78, 5) is 20.1. The summed E-state index contributed by atoms with van der Waals surface area (Å²) < 4.78 is 2.41. The summed E-state index contributed by atoms with van der Waals surface area (Å²) in [5.74, 6) is 1.11. The van der Waals surface area contributed by atoms with E-state index in [1.165, 1.54) is 31.2 Å². The Hall–Kier alpha value is -2.62. The Bertz CT molecular complexity index is 969. The molecule has 0 aliphatic heterocycles. The lowest BCUT2D eigenvalue weighted by molar-refractivity contribution is 0.0736. The number of fused-ring (bicyclic) bond motifs is 1. The van der Waals surface area contributed by atoms with Gasteiger partial charge in [-0.2, -0.15) is 0 Å². The minimum absolute atomic E-state index is 0.0931. The van der Waals surface area contributed by atoms with E-state index in [0.29, 0.717) is 12.6 Å². The summed E-state index contributed by atoms with van der Waals surface area (Å²) in [6, 6.07) is 16.7. The number of aromatic nitrogens is 2. The van der Waals surface area contributed by atoms with Crippen LogP contribution in [-0.2, 0) is 6.54 Å². The Kier molecular flexibility index (Phi) is 5.47. The first-order valence-corrected chi connectivity index (χ1v) is 10.5. The molecule has 1 saturated carbocycles. The summed E-state index contributed by atoms with van der Waals surface area (Å²) in [7, 11) is 0. The van der Waals surface area contributed by atoms with Crippen molar-refractivity contribution in [3.8, 4) is 0 Å². The highest BCUT2D eigenvalue weighted by molar-refractivity contribution is 5.94. The number of nitrogens with zero attached hydrogens (tertiary/aromatic N) is 3. The number of carbonyl (C=O) groups is 1. The fourth-order valence-corrected chi connectivity index (χ4v) is 4.43. The van der Waals surface area contributed by atoms with Crippen molar-refractivity contribution in [2.45, 2.75) is 58.5 Å². The van der Waals surface area contributed by atoms with Gasteiger partial charge in [-0.3, -0.25) is 4.79 Å². The van der Waals surface area contributed by atoms with Crippen LogP contribution in [0, 0.1) is 6.92 Å². The lowest BCUT2D eigenvalue weighted by Crippen LogP contribution is -2.32. The van der Waals surface area contributed by atoms with E-state index in [4.69, 9.17) is 4.98 Å². The number of hydrogen-bond donors (Lipinski definition) is 0. The molecule has 146 valence electrons. The first kappa shape index (κ1) is 18.7. The molecule has 4 nitrogen and oxygen atoms in total. The topological polar surface area (TPSA) is 38.1 Å². The second-order valence-corrected chi connectivity index (χ2v) is 7.92. The molecular formula is C24H29N3O. The molecular weight excluding hydrogens is 346 g/mol. The Labute approximate surface area is 167 Å². The Morgan fingerprint density at radius 2 is 1.93 bits per heavy atom. The third kappa shape index (κ3) is 3.68. The van der Waals surface area contributed by atoms with Crippen molar-refractivity contribution in [2.75, 3.05) is 6.54 Å². The van der Waals surface area contributed by atoms with Crippen LogP contribution in [0.4, 0.5) is 0 Å². The molecule has 0 bridgehead atoms. The van der Waals surface area contributed by atoms with Gasteiger partial charge in [-0.25, -0.2) is 4.98 Å². The zero-order chi connectivity index (χ0) is 19.5. The summed E-state index contributed by atoms with van der Waals surface area (Å²) >= 11 is 0. The number of aryl methyl sites for hydroxylation is 1. The average molecular weight is 376 g/mol. The van der Waals surface area contributed by atoms with Crippen LogP contribution in [-0.4, -0.2) is 26.9 Å². The van der Waals surface area contributed by atoms with E-state index >= 15 is 0 Å². The maximum Gasteiger partial charge on any atom is 0.254 e. The van der Waals surface area contributed by atoms with Gasteiger partial charge in [-0.05, 0) is 50.5 Å². The van der Waals surface area contributed by atoms with Crippen LogP contribution in [0.25, 0.3) is 11.0 Å². The van der Waals surface area contributed by atoms with Gasteiger partial charge >= 0.3 is 0 Å². The van der Waals surface area contributed by atoms with Crippen LogP contribution in [0.15, 0.2) is 48.5 Å². The molecule has 0 atom stereocenters. The van der Waals surface area contributed by atoms with Crippen molar-refractivity contribution in [1.82, 2.24) is 14.5 Å². The summed E-state index contributed by atoms with van der Waals surface area (Å²) in [6.45, 7) is 5.45. The molecule has 1 aromatic heterocycles. The number of para-hydroxylation sites is 2. The zero-order valence-electron chi connectivity index (χ0n) is 16.9. The quantitative estimate of drug-likeness (QED) is 0.569. The standard InChI is InChI=1S/C24H29N3O/c1-3-15-26(24(28)19-10-8-9-18(2)16-19)17-23-25-21-13-6-7-14-22(21)27(23)20-11-4-5-12-20/h6-10,13-14,16,20H,3-5,11-12,15,17H2,1-2H3. The minimum atomic E-state index is 0.0931. The molecule has 4 heteroatoms. The van der Waals surface area contributed by atoms with Crippen molar-refractivity contribution in [2.24, 2.45) is 0 Å². The van der Waals surface area contributed by atoms with Gasteiger partial charge in [0.15, 0.2) is 0 Å².